The predicted molar refractivity (Wildman–Crippen MR) is 126 cm³/mol. The second kappa shape index (κ2) is 9.67. The summed E-state index contributed by atoms with van der Waals surface area (Å²) in [5.41, 5.74) is -1.15. The fourth-order valence-electron chi connectivity index (χ4n) is 5.10. The molecule has 2 rings (SSSR count). The van der Waals surface area contributed by atoms with E-state index in [-0.39, 0.29) is 30.4 Å². The molecule has 31 heavy (non-hydrogen) atoms. The molecular weight excluding hydrogens is 484 g/mol. The molecule has 1 saturated carbocycles. The van der Waals surface area contributed by atoms with E-state index in [1.54, 1.807) is 0 Å². The largest absolute Gasteiger partial charge is 0.469 e. The summed E-state index contributed by atoms with van der Waals surface area (Å²) in [6.45, 7) is 9.72. The molecule has 0 spiro atoms. The summed E-state index contributed by atoms with van der Waals surface area (Å²) >= 11 is 9.76. The van der Waals surface area contributed by atoms with Crippen LogP contribution in [0.25, 0.3) is 0 Å². The van der Waals surface area contributed by atoms with E-state index < -0.39 is 16.5 Å². The van der Waals surface area contributed by atoms with Gasteiger partial charge in [0.2, 0.25) is 0 Å². The van der Waals surface area contributed by atoms with E-state index >= 15 is 0 Å². The second-order valence-corrected chi connectivity index (χ2v) is 10.8. The predicted octanol–water partition coefficient (Wildman–Crippen LogP) is 5.00. The molecule has 1 unspecified atom stereocenters. The third kappa shape index (κ3) is 5.37. The molecule has 1 aromatic carbocycles. The first-order chi connectivity index (χ1) is 14.3. The summed E-state index contributed by atoms with van der Waals surface area (Å²) in [6.07, 6.45) is 1.84. The van der Waals surface area contributed by atoms with Gasteiger partial charge in [-0.1, -0.05) is 37.9 Å². The third-order valence-corrected chi connectivity index (χ3v) is 8.05. The molecule has 2 amide bonds. The Kier molecular flexibility index (Phi) is 8.10. The van der Waals surface area contributed by atoms with Crippen LogP contribution >= 0.6 is 27.5 Å². The van der Waals surface area contributed by atoms with E-state index in [9.17, 15) is 14.7 Å². The Hall–Kier alpha value is -1.31. The molecule has 1 fully saturated rings. The van der Waals surface area contributed by atoms with Crippen molar-refractivity contribution >= 4 is 39.5 Å². The first kappa shape index (κ1) is 25.9. The van der Waals surface area contributed by atoms with Crippen molar-refractivity contribution in [2.45, 2.75) is 65.0 Å². The highest BCUT2D eigenvalue weighted by Gasteiger charge is 2.55. The van der Waals surface area contributed by atoms with Gasteiger partial charge in [0.25, 0.3) is 0 Å². The summed E-state index contributed by atoms with van der Waals surface area (Å²) in [7, 11) is 1.38. The quantitative estimate of drug-likeness (QED) is 0.423. The van der Waals surface area contributed by atoms with Gasteiger partial charge in [-0.15, -0.1) is 0 Å². The zero-order chi connectivity index (χ0) is 23.6. The zero-order valence-corrected chi connectivity index (χ0v) is 21.5. The minimum Gasteiger partial charge on any atom is -0.469 e. The molecule has 3 N–H and O–H groups in total. The van der Waals surface area contributed by atoms with Crippen LogP contribution in [0.3, 0.4) is 0 Å². The van der Waals surface area contributed by atoms with Crippen LogP contribution in [0.4, 0.5) is 4.79 Å². The average molecular weight is 518 g/mol. The molecule has 0 saturated heterocycles. The number of methoxy groups -OCH3 is 1. The monoisotopic (exact) mass is 516 g/mol. The van der Waals surface area contributed by atoms with Crippen LogP contribution in [-0.2, 0) is 15.1 Å². The fourth-order valence-corrected chi connectivity index (χ4v) is 5.53. The lowest BCUT2D eigenvalue weighted by Crippen LogP contribution is -2.65. The van der Waals surface area contributed by atoms with Gasteiger partial charge in [-0.2, -0.15) is 0 Å². The van der Waals surface area contributed by atoms with E-state index in [0.717, 1.165) is 16.5 Å². The van der Waals surface area contributed by atoms with Crippen molar-refractivity contribution in [1.82, 2.24) is 10.6 Å². The molecule has 0 heterocycles. The Labute approximate surface area is 198 Å². The molecule has 3 atom stereocenters. The van der Waals surface area contributed by atoms with Crippen LogP contribution < -0.4 is 10.6 Å². The number of aliphatic hydroxyl groups excluding tert-OH is 1. The van der Waals surface area contributed by atoms with Crippen LogP contribution in [0.1, 0.15) is 59.4 Å². The number of aliphatic hydroxyl groups is 1. The van der Waals surface area contributed by atoms with Crippen LogP contribution in [0.5, 0.6) is 0 Å². The van der Waals surface area contributed by atoms with E-state index in [2.05, 4.69) is 40.4 Å². The smallest absolute Gasteiger partial charge is 0.315 e. The van der Waals surface area contributed by atoms with Gasteiger partial charge in [-0.3, -0.25) is 4.79 Å². The molecule has 1 aliphatic carbocycles. The van der Waals surface area contributed by atoms with Crippen molar-refractivity contribution in [2.75, 3.05) is 13.7 Å². The van der Waals surface area contributed by atoms with Gasteiger partial charge < -0.3 is 20.5 Å². The lowest BCUT2D eigenvalue weighted by atomic mass is 9.59. The first-order valence-electron chi connectivity index (χ1n) is 10.6. The van der Waals surface area contributed by atoms with E-state index in [0.29, 0.717) is 17.9 Å². The number of amides is 2. The molecule has 1 aliphatic rings. The van der Waals surface area contributed by atoms with Crippen molar-refractivity contribution < 1.29 is 19.4 Å². The number of esters is 1. The van der Waals surface area contributed by atoms with E-state index in [4.69, 9.17) is 16.3 Å². The van der Waals surface area contributed by atoms with E-state index in [1.807, 2.05) is 39.0 Å². The third-order valence-electron chi connectivity index (χ3n) is 6.82. The van der Waals surface area contributed by atoms with Crippen molar-refractivity contribution in [1.29, 1.82) is 0 Å². The number of ether oxygens (including phenoxy) is 1. The van der Waals surface area contributed by atoms with Crippen molar-refractivity contribution in [2.24, 2.45) is 17.3 Å². The van der Waals surface area contributed by atoms with Crippen LogP contribution in [0, 0.1) is 17.3 Å². The van der Waals surface area contributed by atoms with Gasteiger partial charge in [0.15, 0.2) is 0 Å². The SMILES string of the molecule is CC[C@H](C)C(CO)[C@@](C)(NC(=O)NC1(C)CC(C)(C(=O)OC)C1)c1ccc(Br)c(Cl)c1. The van der Waals surface area contributed by atoms with Gasteiger partial charge in [-0.05, 0) is 73.2 Å². The highest BCUT2D eigenvalue weighted by atomic mass is 79.9. The number of rotatable bonds is 8. The first-order valence-corrected chi connectivity index (χ1v) is 11.8. The molecular formula is C23H34BrClN2O4. The lowest BCUT2D eigenvalue weighted by molar-refractivity contribution is -0.161. The second-order valence-electron chi connectivity index (χ2n) is 9.55. The van der Waals surface area contributed by atoms with E-state index in [1.165, 1.54) is 7.11 Å². The average Bonchev–Trinajstić information content (AvgIpc) is 2.67. The maximum atomic E-state index is 13.1. The van der Waals surface area contributed by atoms with Crippen LogP contribution in [0.2, 0.25) is 5.02 Å². The summed E-state index contributed by atoms with van der Waals surface area (Å²) in [5, 5.41) is 16.9. The number of urea groups is 1. The molecule has 1 aromatic rings. The van der Waals surface area contributed by atoms with Crippen molar-refractivity contribution in [3.8, 4) is 0 Å². The maximum absolute atomic E-state index is 13.1. The number of benzene rings is 1. The molecule has 6 nitrogen and oxygen atoms in total. The van der Waals surface area contributed by atoms with Crippen LogP contribution in [-0.4, -0.2) is 36.4 Å². The van der Waals surface area contributed by atoms with Gasteiger partial charge in [0, 0.05) is 22.5 Å². The maximum Gasteiger partial charge on any atom is 0.315 e. The molecule has 8 heteroatoms. The number of halogens is 2. The Morgan fingerprint density at radius 1 is 1.35 bits per heavy atom. The number of hydrogen-bond acceptors (Lipinski definition) is 4. The fraction of sp³-hybridized carbons (Fsp3) is 0.652. The number of hydrogen-bond donors (Lipinski definition) is 3. The minimum atomic E-state index is -0.857. The normalized spacial score (nSPS) is 26.7. The lowest BCUT2D eigenvalue weighted by Gasteiger charge is -2.51. The Bertz CT molecular complexity index is 828. The van der Waals surface area contributed by atoms with Crippen molar-refractivity contribution in [3.05, 3.63) is 33.3 Å². The van der Waals surface area contributed by atoms with Crippen LogP contribution in [0.15, 0.2) is 22.7 Å². The highest BCUT2D eigenvalue weighted by Crippen LogP contribution is 2.49. The number of carbonyl (C=O) groups is 2. The number of carbonyl (C=O) groups excluding carboxylic acids is 2. The van der Waals surface area contributed by atoms with Gasteiger partial charge in [0.05, 0.1) is 23.1 Å². The van der Waals surface area contributed by atoms with Crippen molar-refractivity contribution in [3.63, 3.8) is 0 Å². The summed E-state index contributed by atoms with van der Waals surface area (Å²) in [5.74, 6) is -0.340. The van der Waals surface area contributed by atoms with Gasteiger partial charge >= 0.3 is 12.0 Å². The Balaban J connectivity index is 2.28. The Morgan fingerprint density at radius 2 is 1.97 bits per heavy atom. The summed E-state index contributed by atoms with van der Waals surface area (Å²) in [4.78, 5) is 25.1. The molecule has 174 valence electrons. The van der Waals surface area contributed by atoms with Gasteiger partial charge in [0.1, 0.15) is 0 Å². The summed E-state index contributed by atoms with van der Waals surface area (Å²) in [6, 6.07) is 5.21. The molecule has 0 radical (unpaired) electrons. The Morgan fingerprint density at radius 3 is 2.45 bits per heavy atom. The molecule has 0 aromatic heterocycles. The number of nitrogens with one attached hydrogen (secondary N) is 2. The minimum absolute atomic E-state index is 0.0862. The topological polar surface area (TPSA) is 87.7 Å². The standard InChI is InChI=1S/C23H34BrClN2O4/c1-7-14(2)16(11-28)23(5,15-8-9-17(24)18(25)10-15)27-20(30)26-22(4)12-21(3,13-22)19(29)31-6/h8-10,14,16,28H,7,11-13H2,1-6H3,(H2,26,27,30)/t14-,16?,21?,22?,23-/m0/s1. The highest BCUT2D eigenvalue weighted by molar-refractivity contribution is 9.10. The van der Waals surface area contributed by atoms with Gasteiger partial charge in [-0.25, -0.2) is 4.79 Å². The molecule has 0 bridgehead atoms. The molecule has 0 aliphatic heterocycles. The summed E-state index contributed by atoms with van der Waals surface area (Å²) < 4.78 is 5.65. The zero-order valence-electron chi connectivity index (χ0n) is 19.1.